The molecule has 1 saturated heterocycles. The number of para-hydroxylation sites is 1. The molecule has 1 fully saturated rings. The predicted octanol–water partition coefficient (Wildman–Crippen LogP) is 3.51. The zero-order chi connectivity index (χ0) is 18.4. The predicted molar refractivity (Wildman–Crippen MR) is 98.4 cm³/mol. The van der Waals surface area contributed by atoms with E-state index in [0.717, 1.165) is 19.4 Å². The quantitative estimate of drug-likeness (QED) is 0.821. The molecular formula is C20H23NO5. The Hall–Kier alpha value is -2.73. The van der Waals surface area contributed by atoms with Crippen molar-refractivity contribution in [2.75, 3.05) is 32.8 Å². The van der Waals surface area contributed by atoms with Crippen LogP contribution in [0.15, 0.2) is 42.5 Å². The second kappa shape index (κ2) is 8.58. The Labute approximate surface area is 153 Å². The van der Waals surface area contributed by atoms with Crippen LogP contribution in [-0.4, -0.2) is 39.4 Å². The van der Waals surface area contributed by atoms with Gasteiger partial charge in [-0.15, -0.1) is 0 Å². The number of benzene rings is 2. The summed E-state index contributed by atoms with van der Waals surface area (Å²) in [6.45, 7) is 1.21. The second-order valence-electron chi connectivity index (χ2n) is 5.96. The third kappa shape index (κ3) is 4.26. The maximum absolute atomic E-state index is 12.7. The number of rotatable bonds is 7. The van der Waals surface area contributed by atoms with Crippen LogP contribution >= 0.6 is 0 Å². The molecule has 0 aromatic heterocycles. The highest BCUT2D eigenvalue weighted by atomic mass is 16.5. The molecule has 6 nitrogen and oxygen atoms in total. The zero-order valence-electron chi connectivity index (χ0n) is 15.0. The van der Waals surface area contributed by atoms with Crippen LogP contribution in [-0.2, 0) is 4.74 Å². The van der Waals surface area contributed by atoms with Gasteiger partial charge in [-0.3, -0.25) is 4.79 Å². The Bertz CT molecular complexity index is 756. The minimum atomic E-state index is -0.267. The van der Waals surface area contributed by atoms with Crippen LogP contribution in [0.25, 0.3) is 0 Å². The summed E-state index contributed by atoms with van der Waals surface area (Å²) in [5, 5.41) is 2.87. The fourth-order valence-corrected chi connectivity index (χ4v) is 2.83. The van der Waals surface area contributed by atoms with Gasteiger partial charge in [0, 0.05) is 12.7 Å². The Morgan fingerprint density at radius 3 is 2.73 bits per heavy atom. The number of hydrogen-bond acceptors (Lipinski definition) is 5. The van der Waals surface area contributed by atoms with E-state index in [1.807, 2.05) is 6.07 Å². The smallest absolute Gasteiger partial charge is 0.259 e. The third-order valence-corrected chi connectivity index (χ3v) is 4.24. The van der Waals surface area contributed by atoms with Crippen LogP contribution in [0, 0.1) is 0 Å². The highest BCUT2D eigenvalue weighted by Gasteiger charge is 2.19. The van der Waals surface area contributed by atoms with Crippen molar-refractivity contribution < 1.29 is 23.7 Å². The lowest BCUT2D eigenvalue weighted by atomic mass is 10.1. The number of nitrogens with one attached hydrogen (secondary N) is 1. The molecule has 6 heteroatoms. The van der Waals surface area contributed by atoms with Crippen molar-refractivity contribution in [1.29, 1.82) is 0 Å². The van der Waals surface area contributed by atoms with Crippen molar-refractivity contribution >= 4 is 11.6 Å². The van der Waals surface area contributed by atoms with Crippen molar-refractivity contribution in [2.24, 2.45) is 0 Å². The van der Waals surface area contributed by atoms with Gasteiger partial charge in [0.2, 0.25) is 0 Å². The average Bonchev–Trinajstić information content (AvgIpc) is 3.20. The summed E-state index contributed by atoms with van der Waals surface area (Å²) in [6.07, 6.45) is 2.12. The minimum absolute atomic E-state index is 0.0906. The highest BCUT2D eigenvalue weighted by molar-refractivity contribution is 6.06. The zero-order valence-corrected chi connectivity index (χ0v) is 15.0. The van der Waals surface area contributed by atoms with Gasteiger partial charge in [0.1, 0.15) is 23.9 Å². The van der Waals surface area contributed by atoms with E-state index in [2.05, 4.69) is 5.32 Å². The lowest BCUT2D eigenvalue weighted by Gasteiger charge is -2.15. The van der Waals surface area contributed by atoms with Crippen LogP contribution in [0.1, 0.15) is 23.2 Å². The summed E-state index contributed by atoms with van der Waals surface area (Å²) in [5.41, 5.74) is 1.02. The molecule has 1 aliphatic heterocycles. The van der Waals surface area contributed by atoms with Crippen LogP contribution in [0.5, 0.6) is 17.2 Å². The van der Waals surface area contributed by atoms with E-state index in [-0.39, 0.29) is 12.0 Å². The van der Waals surface area contributed by atoms with Gasteiger partial charge in [-0.05, 0) is 37.1 Å². The van der Waals surface area contributed by atoms with Crippen molar-refractivity contribution in [1.82, 2.24) is 0 Å². The normalized spacial score (nSPS) is 16.2. The molecule has 2 aromatic rings. The molecular weight excluding hydrogens is 334 g/mol. The van der Waals surface area contributed by atoms with Gasteiger partial charge in [-0.1, -0.05) is 12.1 Å². The third-order valence-electron chi connectivity index (χ3n) is 4.24. The van der Waals surface area contributed by atoms with Gasteiger partial charge in [-0.25, -0.2) is 0 Å². The average molecular weight is 357 g/mol. The summed E-state index contributed by atoms with van der Waals surface area (Å²) in [4.78, 5) is 12.7. The number of amides is 1. The Kier molecular flexibility index (Phi) is 5.96. The Balaban J connectivity index is 1.73. The molecule has 0 aliphatic carbocycles. The number of carbonyl (C=O) groups excluding carboxylic acids is 1. The van der Waals surface area contributed by atoms with Crippen LogP contribution in [0.2, 0.25) is 0 Å². The second-order valence-corrected chi connectivity index (χ2v) is 5.96. The maximum Gasteiger partial charge on any atom is 0.259 e. The molecule has 138 valence electrons. The van der Waals surface area contributed by atoms with Crippen LogP contribution < -0.4 is 19.5 Å². The van der Waals surface area contributed by atoms with E-state index in [9.17, 15) is 4.79 Å². The molecule has 0 spiro atoms. The van der Waals surface area contributed by atoms with Gasteiger partial charge in [0.05, 0.1) is 31.6 Å². The maximum atomic E-state index is 12.7. The SMILES string of the molecule is COc1ccc(NC(=O)c2ccccc2OC[C@H]2CCCO2)c(OC)c1. The van der Waals surface area contributed by atoms with Gasteiger partial charge in [-0.2, -0.15) is 0 Å². The van der Waals surface area contributed by atoms with Gasteiger partial charge < -0.3 is 24.3 Å². The molecule has 1 aliphatic rings. The topological polar surface area (TPSA) is 66.0 Å². The number of hydrogen-bond donors (Lipinski definition) is 1. The van der Waals surface area contributed by atoms with E-state index in [4.69, 9.17) is 18.9 Å². The van der Waals surface area contributed by atoms with Crippen molar-refractivity contribution in [2.45, 2.75) is 18.9 Å². The Morgan fingerprint density at radius 2 is 2.00 bits per heavy atom. The number of ether oxygens (including phenoxy) is 4. The monoisotopic (exact) mass is 357 g/mol. The van der Waals surface area contributed by atoms with E-state index in [1.165, 1.54) is 0 Å². The summed E-state index contributed by atoms with van der Waals surface area (Å²) < 4.78 is 21.9. The van der Waals surface area contributed by atoms with Crippen LogP contribution in [0.3, 0.4) is 0 Å². The first-order chi connectivity index (χ1) is 12.7. The molecule has 26 heavy (non-hydrogen) atoms. The molecule has 0 unspecified atom stereocenters. The van der Waals surface area contributed by atoms with Crippen molar-refractivity contribution in [3.8, 4) is 17.2 Å². The lowest BCUT2D eigenvalue weighted by molar-refractivity contribution is 0.0673. The molecule has 1 heterocycles. The first-order valence-corrected chi connectivity index (χ1v) is 8.58. The number of carbonyl (C=O) groups is 1. The van der Waals surface area contributed by atoms with E-state index < -0.39 is 0 Å². The largest absolute Gasteiger partial charge is 0.497 e. The number of anilines is 1. The molecule has 1 atom stereocenters. The standard InChI is InChI=1S/C20H23NO5/c1-23-14-9-10-17(19(12-14)24-2)21-20(22)16-7-3-4-8-18(16)26-13-15-6-5-11-25-15/h3-4,7-10,12,15H,5-6,11,13H2,1-2H3,(H,21,22)/t15-/m1/s1. The molecule has 0 bridgehead atoms. The van der Waals surface area contributed by atoms with Crippen molar-refractivity contribution in [3.63, 3.8) is 0 Å². The highest BCUT2D eigenvalue weighted by Crippen LogP contribution is 2.30. The summed E-state index contributed by atoms with van der Waals surface area (Å²) in [7, 11) is 3.12. The van der Waals surface area contributed by atoms with Crippen molar-refractivity contribution in [3.05, 3.63) is 48.0 Å². The summed E-state index contributed by atoms with van der Waals surface area (Å²) in [6, 6.07) is 12.4. The van der Waals surface area contributed by atoms with E-state index in [1.54, 1.807) is 50.6 Å². The Morgan fingerprint density at radius 1 is 1.15 bits per heavy atom. The molecule has 1 amide bonds. The summed E-state index contributed by atoms with van der Waals surface area (Å²) >= 11 is 0. The fraction of sp³-hybridized carbons (Fsp3) is 0.350. The van der Waals surface area contributed by atoms with Gasteiger partial charge in [0.25, 0.3) is 5.91 Å². The van der Waals surface area contributed by atoms with E-state index in [0.29, 0.717) is 35.1 Å². The molecule has 3 rings (SSSR count). The molecule has 1 N–H and O–H groups in total. The molecule has 2 aromatic carbocycles. The van der Waals surface area contributed by atoms with Gasteiger partial charge in [0.15, 0.2) is 0 Å². The first-order valence-electron chi connectivity index (χ1n) is 8.58. The lowest BCUT2D eigenvalue weighted by Crippen LogP contribution is -2.19. The van der Waals surface area contributed by atoms with Gasteiger partial charge >= 0.3 is 0 Å². The number of methoxy groups -OCH3 is 2. The molecule has 0 saturated carbocycles. The van der Waals surface area contributed by atoms with Crippen LogP contribution in [0.4, 0.5) is 5.69 Å². The molecule has 0 radical (unpaired) electrons. The first kappa shape index (κ1) is 18.1. The van der Waals surface area contributed by atoms with E-state index >= 15 is 0 Å². The summed E-state index contributed by atoms with van der Waals surface area (Å²) in [5.74, 6) is 1.44. The fourth-order valence-electron chi connectivity index (χ4n) is 2.83. The minimum Gasteiger partial charge on any atom is -0.497 e.